The molecule has 0 saturated carbocycles. The van der Waals surface area contributed by atoms with Crippen molar-refractivity contribution in [2.45, 2.75) is 66.2 Å². The van der Waals surface area contributed by atoms with Gasteiger partial charge in [0.1, 0.15) is 76.2 Å². The highest BCUT2D eigenvalue weighted by atomic mass is 16.7. The zero-order valence-corrected chi connectivity index (χ0v) is 32.6. The number of rotatable bonds is 6. The van der Waals surface area contributed by atoms with Crippen LogP contribution in [0.3, 0.4) is 0 Å². The average Bonchev–Trinajstić information content (AvgIpc) is 3.45. The van der Waals surface area contributed by atoms with E-state index in [0.29, 0.717) is 55.6 Å². The number of phenolic OH excluding ortho intramolecular Hbond substituents is 8. The second-order valence-electron chi connectivity index (χ2n) is 16.7. The number of aliphatic hydroxyl groups excluding tert-OH is 4. The molecule has 12 N–H and O–H groups in total. The zero-order valence-electron chi connectivity index (χ0n) is 32.6. The maximum absolute atomic E-state index is 12.3. The fraction of sp³-hybridized carbons (Fsp3) is 0.250. The van der Waals surface area contributed by atoms with Gasteiger partial charge in [0.05, 0.1) is 6.61 Å². The molecule has 10 rings (SSSR count). The maximum atomic E-state index is 12.3. The lowest BCUT2D eigenvalue weighted by Gasteiger charge is -2.39. The van der Waals surface area contributed by atoms with Crippen LogP contribution in [0.5, 0.6) is 51.7 Å². The fourth-order valence-electron chi connectivity index (χ4n) is 10.9. The lowest BCUT2D eigenvalue weighted by atomic mass is 9.66. The summed E-state index contributed by atoms with van der Waals surface area (Å²) in [5, 5.41) is 133. The number of hydrogen-bond acceptors (Lipinski definition) is 14. The molecular formula is C48H42O14. The number of hydrogen-bond donors (Lipinski definition) is 12. The van der Waals surface area contributed by atoms with E-state index in [2.05, 4.69) is 0 Å². The van der Waals surface area contributed by atoms with Gasteiger partial charge >= 0.3 is 0 Å². The minimum absolute atomic E-state index is 0.00439. The molecule has 1 heterocycles. The zero-order chi connectivity index (χ0) is 43.5. The van der Waals surface area contributed by atoms with Crippen molar-refractivity contribution in [2.24, 2.45) is 0 Å². The summed E-state index contributed by atoms with van der Waals surface area (Å²) in [4.78, 5) is 0. The standard InChI is InChI=1S/C48H42O14/c49-18-34-45(58)46(59)47(60)48(62-34)61-27-12-21(11-25(53)13-27)37-36(20-3-7-23(51)8-4-20)43-39-28-10-9-24(52)14-29(28)35(19-1-5-22(50)6-2-19)40(30-15-26(54)16-31(55)38(30)39)42-33(57)17-32(56)41(37)44(42)43/h1-17,34-37,39-40,43,45-60H,18H2. The quantitative estimate of drug-likeness (QED) is 0.106. The Morgan fingerprint density at radius 1 is 0.419 bits per heavy atom. The Kier molecular flexibility index (Phi) is 9.21. The molecule has 1 saturated heterocycles. The molecule has 318 valence electrons. The molecule has 11 unspecified atom stereocenters. The van der Waals surface area contributed by atoms with Gasteiger partial charge < -0.3 is 70.8 Å². The smallest absolute Gasteiger partial charge is 0.229 e. The van der Waals surface area contributed by atoms with Crippen LogP contribution in [0.1, 0.15) is 91.1 Å². The largest absolute Gasteiger partial charge is 0.508 e. The molecular weight excluding hydrogens is 801 g/mol. The van der Waals surface area contributed by atoms with Crippen LogP contribution in [-0.4, -0.2) is 98.6 Å². The van der Waals surface area contributed by atoms with Gasteiger partial charge in [-0.15, -0.1) is 0 Å². The molecule has 0 amide bonds. The number of ether oxygens (including phenoxy) is 2. The van der Waals surface area contributed by atoms with Gasteiger partial charge in [0.15, 0.2) is 0 Å². The third kappa shape index (κ3) is 5.97. The first kappa shape index (κ1) is 39.5. The Bertz CT molecular complexity index is 2730. The van der Waals surface area contributed by atoms with Crippen LogP contribution in [0.25, 0.3) is 0 Å². The number of aromatic hydroxyl groups is 8. The summed E-state index contributed by atoms with van der Waals surface area (Å²) in [5.41, 5.74) is 5.19. The van der Waals surface area contributed by atoms with Crippen LogP contribution >= 0.6 is 0 Å². The van der Waals surface area contributed by atoms with Gasteiger partial charge in [0.2, 0.25) is 6.29 Å². The van der Waals surface area contributed by atoms with Gasteiger partial charge in [-0.3, -0.25) is 0 Å². The number of fused-ring (bicyclic) bond motifs is 4. The predicted molar refractivity (Wildman–Crippen MR) is 219 cm³/mol. The van der Waals surface area contributed by atoms with Crippen LogP contribution in [0.15, 0.2) is 103 Å². The van der Waals surface area contributed by atoms with E-state index in [0.717, 1.165) is 0 Å². The van der Waals surface area contributed by atoms with E-state index in [4.69, 9.17) is 9.47 Å². The molecule has 3 aliphatic carbocycles. The van der Waals surface area contributed by atoms with Gasteiger partial charge in [0, 0.05) is 70.4 Å². The normalized spacial score (nSPS) is 28.0. The number of phenols is 8. The molecule has 1 aliphatic heterocycles. The van der Waals surface area contributed by atoms with Crippen molar-refractivity contribution in [1.82, 2.24) is 0 Å². The van der Waals surface area contributed by atoms with Crippen molar-refractivity contribution >= 4 is 0 Å². The van der Waals surface area contributed by atoms with Crippen molar-refractivity contribution in [2.75, 3.05) is 6.61 Å². The van der Waals surface area contributed by atoms with Gasteiger partial charge in [-0.2, -0.15) is 0 Å². The van der Waals surface area contributed by atoms with Crippen LogP contribution in [-0.2, 0) is 4.74 Å². The van der Waals surface area contributed by atoms with Crippen molar-refractivity contribution in [3.63, 3.8) is 0 Å². The second kappa shape index (κ2) is 14.5. The molecule has 62 heavy (non-hydrogen) atoms. The highest BCUT2D eigenvalue weighted by molar-refractivity contribution is 5.74. The second-order valence-corrected chi connectivity index (χ2v) is 16.7. The van der Waals surface area contributed by atoms with Gasteiger partial charge in [-0.1, -0.05) is 30.3 Å². The van der Waals surface area contributed by atoms with Crippen LogP contribution in [0.2, 0.25) is 0 Å². The summed E-state index contributed by atoms with van der Waals surface area (Å²) in [6.45, 7) is -0.698. The average molecular weight is 843 g/mol. The molecule has 4 aliphatic rings. The summed E-state index contributed by atoms with van der Waals surface area (Å²) < 4.78 is 11.6. The molecule has 0 aromatic heterocycles. The molecule has 0 radical (unpaired) electrons. The highest BCUT2D eigenvalue weighted by Gasteiger charge is 2.56. The van der Waals surface area contributed by atoms with E-state index >= 15 is 0 Å². The van der Waals surface area contributed by atoms with Gasteiger partial charge in [-0.05, 0) is 93.5 Å². The molecule has 0 spiro atoms. The summed E-state index contributed by atoms with van der Waals surface area (Å²) in [7, 11) is 0. The van der Waals surface area contributed by atoms with Crippen molar-refractivity contribution in [3.05, 3.63) is 159 Å². The van der Waals surface area contributed by atoms with E-state index in [1.54, 1.807) is 54.6 Å². The van der Waals surface area contributed by atoms with Gasteiger partial charge in [0.25, 0.3) is 0 Å². The van der Waals surface area contributed by atoms with E-state index in [9.17, 15) is 61.3 Å². The first-order valence-corrected chi connectivity index (χ1v) is 20.1. The van der Waals surface area contributed by atoms with E-state index < -0.39 is 72.8 Å². The Balaban J connectivity index is 1.27. The number of benzene rings is 6. The molecule has 14 nitrogen and oxygen atoms in total. The fourth-order valence-corrected chi connectivity index (χ4v) is 10.9. The SMILES string of the molecule is OCC1OC(Oc2cc(O)cc(C3c4c(O)cc(O)c5c4C(C4c6ccc(O)cc6C(c6ccc(O)cc6)C5c5cc(O)cc(O)c54)C3c3ccc(O)cc3)c2)C(O)C(O)C1O. The summed E-state index contributed by atoms with van der Waals surface area (Å²) in [5.74, 6) is -6.25. The molecule has 14 heteroatoms. The highest BCUT2D eigenvalue weighted by Crippen LogP contribution is 2.71. The maximum Gasteiger partial charge on any atom is 0.229 e. The van der Waals surface area contributed by atoms with Crippen LogP contribution in [0, 0.1) is 0 Å². The Morgan fingerprint density at radius 2 is 1.02 bits per heavy atom. The minimum Gasteiger partial charge on any atom is -0.508 e. The third-order valence-corrected chi connectivity index (χ3v) is 13.3. The Morgan fingerprint density at radius 3 is 1.69 bits per heavy atom. The molecule has 6 aromatic rings. The van der Waals surface area contributed by atoms with E-state index in [1.165, 1.54) is 48.5 Å². The molecule has 11 atom stereocenters. The minimum atomic E-state index is -1.76. The molecule has 6 aromatic carbocycles. The predicted octanol–water partition coefficient (Wildman–Crippen LogP) is 4.95. The van der Waals surface area contributed by atoms with Crippen molar-refractivity contribution < 1.29 is 70.8 Å². The summed E-state index contributed by atoms with van der Waals surface area (Å²) in [6.07, 6.45) is -8.02. The first-order valence-electron chi connectivity index (χ1n) is 20.1. The topological polar surface area (TPSA) is 261 Å². The third-order valence-electron chi connectivity index (χ3n) is 13.3. The first-order chi connectivity index (χ1) is 29.7. The van der Waals surface area contributed by atoms with Gasteiger partial charge in [-0.25, -0.2) is 0 Å². The lowest BCUT2D eigenvalue weighted by Crippen LogP contribution is -2.60. The lowest BCUT2D eigenvalue weighted by molar-refractivity contribution is -0.277. The monoisotopic (exact) mass is 842 g/mol. The van der Waals surface area contributed by atoms with Crippen molar-refractivity contribution in [3.8, 4) is 51.7 Å². The Hall–Kier alpha value is -6.68. The summed E-state index contributed by atoms with van der Waals surface area (Å²) in [6, 6.07) is 26.3. The molecule has 2 bridgehead atoms. The summed E-state index contributed by atoms with van der Waals surface area (Å²) >= 11 is 0. The van der Waals surface area contributed by atoms with Crippen LogP contribution in [0.4, 0.5) is 0 Å². The molecule has 1 fully saturated rings. The number of aliphatic hydroxyl groups is 4. The van der Waals surface area contributed by atoms with E-state index in [-0.39, 0.29) is 51.7 Å². The van der Waals surface area contributed by atoms with Crippen molar-refractivity contribution in [1.29, 1.82) is 0 Å². The Labute approximate surface area is 353 Å². The van der Waals surface area contributed by atoms with E-state index in [1.807, 2.05) is 0 Å². The van der Waals surface area contributed by atoms with Crippen LogP contribution < -0.4 is 4.74 Å².